The van der Waals surface area contributed by atoms with Gasteiger partial charge in [-0.15, -0.1) is 11.3 Å². The van der Waals surface area contributed by atoms with Crippen molar-refractivity contribution < 1.29 is 0 Å². The van der Waals surface area contributed by atoms with Crippen molar-refractivity contribution in [2.75, 3.05) is 0 Å². The molecule has 0 N–H and O–H groups in total. The summed E-state index contributed by atoms with van der Waals surface area (Å²) in [7, 11) is 0. The number of fused-ring (bicyclic) bond motifs is 8. The average Bonchev–Trinajstić information content (AvgIpc) is 3.83. The van der Waals surface area contributed by atoms with Crippen LogP contribution in [-0.2, 0) is 0 Å². The number of aromatic nitrogens is 4. The fourth-order valence-electron chi connectivity index (χ4n) is 8.66. The summed E-state index contributed by atoms with van der Waals surface area (Å²) in [6.45, 7) is 0. The predicted molar refractivity (Wildman–Crippen MR) is 235 cm³/mol. The van der Waals surface area contributed by atoms with Gasteiger partial charge in [-0.2, -0.15) is 0 Å². The molecule has 0 saturated heterocycles. The lowest BCUT2D eigenvalue weighted by molar-refractivity contribution is 1.07. The third-order valence-corrected chi connectivity index (χ3v) is 12.3. The van der Waals surface area contributed by atoms with Gasteiger partial charge in [0.15, 0.2) is 17.5 Å². The second kappa shape index (κ2) is 12.2. The van der Waals surface area contributed by atoms with Crippen molar-refractivity contribution >= 4 is 80.4 Å². The van der Waals surface area contributed by atoms with E-state index in [2.05, 4.69) is 162 Å². The van der Waals surface area contributed by atoms with Gasteiger partial charge in [-0.3, -0.25) is 0 Å². The smallest absolute Gasteiger partial charge is 0.164 e. The first-order valence-corrected chi connectivity index (χ1v) is 19.7. The predicted octanol–water partition coefficient (Wildman–Crippen LogP) is 13.8. The Bertz CT molecular complexity index is 3500. The van der Waals surface area contributed by atoms with Crippen LogP contribution in [0.15, 0.2) is 182 Å². The Balaban J connectivity index is 1.15. The highest BCUT2D eigenvalue weighted by molar-refractivity contribution is 7.26. The highest BCUT2D eigenvalue weighted by atomic mass is 32.1. The third-order valence-electron chi connectivity index (χ3n) is 11.2. The Labute approximate surface area is 325 Å². The molecule has 0 atom stereocenters. The van der Waals surface area contributed by atoms with Crippen molar-refractivity contribution in [1.82, 2.24) is 19.4 Å². The number of nitrogens with zero attached hydrogens (tertiary/aromatic N) is 4. The summed E-state index contributed by atoms with van der Waals surface area (Å²) < 4.78 is 5.08. The van der Waals surface area contributed by atoms with Crippen LogP contribution in [0.1, 0.15) is 0 Å². The van der Waals surface area contributed by atoms with Gasteiger partial charge in [0.2, 0.25) is 0 Å². The van der Waals surface area contributed by atoms with Gasteiger partial charge in [-0.1, -0.05) is 146 Å². The van der Waals surface area contributed by atoms with Crippen LogP contribution in [0, 0.1) is 0 Å². The molecule has 0 radical (unpaired) electrons. The number of benzene rings is 8. The van der Waals surface area contributed by atoms with Crippen molar-refractivity contribution in [3.63, 3.8) is 0 Å². The summed E-state index contributed by atoms with van der Waals surface area (Å²) in [4.78, 5) is 15.3. The minimum absolute atomic E-state index is 0.642. The number of thiophene rings is 1. The van der Waals surface area contributed by atoms with Crippen LogP contribution in [0.2, 0.25) is 0 Å². The van der Waals surface area contributed by atoms with Gasteiger partial charge in [0, 0.05) is 53.0 Å². The van der Waals surface area contributed by atoms with E-state index in [1.807, 2.05) is 35.6 Å². The van der Waals surface area contributed by atoms with Crippen LogP contribution >= 0.6 is 11.3 Å². The number of hydrogen-bond acceptors (Lipinski definition) is 4. The molecule has 0 aliphatic carbocycles. The second-order valence-electron chi connectivity index (χ2n) is 14.4. The second-order valence-corrected chi connectivity index (χ2v) is 15.4. The summed E-state index contributed by atoms with van der Waals surface area (Å²) in [6, 6.07) is 64.9. The molecule has 12 aromatic rings. The van der Waals surface area contributed by atoms with Crippen LogP contribution in [0.5, 0.6) is 0 Å². The molecule has 4 heterocycles. The SMILES string of the molecule is c1ccc(-c2ccc(-c3nc(-c4ccccc4)nc(-c4ccc5c(c4)c4ccc6sc7cccc8c9ccccc9c9ccccc9n5c4c6c78)n3)cc2)cc1. The Morgan fingerprint density at radius 2 is 0.839 bits per heavy atom. The molecule has 0 bridgehead atoms. The molecule has 260 valence electrons. The Morgan fingerprint density at radius 1 is 0.321 bits per heavy atom. The fraction of sp³-hybridized carbons (Fsp3) is 0. The number of rotatable bonds is 4. The first-order valence-electron chi connectivity index (χ1n) is 18.9. The van der Waals surface area contributed by atoms with Gasteiger partial charge < -0.3 is 4.40 Å². The van der Waals surface area contributed by atoms with Crippen LogP contribution < -0.4 is 0 Å². The highest BCUT2D eigenvalue weighted by Gasteiger charge is 2.21. The first-order chi connectivity index (χ1) is 27.8. The van der Waals surface area contributed by atoms with Crippen LogP contribution in [-0.4, -0.2) is 19.4 Å². The van der Waals surface area contributed by atoms with Gasteiger partial charge in [0.25, 0.3) is 0 Å². The standard InChI is InChI=1S/C51H30N4S/c1-3-12-31(13-4-1)32-22-24-34(25-23-32)50-52-49(33-14-5-2-6-15-33)53-51(54-50)35-26-28-43-41(30-35)40-27-29-45-47-46-39(19-11-21-44(46)56-45)37-17-8-7-16-36(37)38-18-9-10-20-42(38)55(43)48(40)47/h1-30H. The lowest BCUT2D eigenvalue weighted by Gasteiger charge is -2.09. The number of hydrogen-bond donors (Lipinski definition) is 0. The molecule has 8 aromatic carbocycles. The lowest BCUT2D eigenvalue weighted by Crippen LogP contribution is -2.00. The molecule has 4 nitrogen and oxygen atoms in total. The van der Waals surface area contributed by atoms with Gasteiger partial charge in [0.1, 0.15) is 0 Å². The van der Waals surface area contributed by atoms with Gasteiger partial charge >= 0.3 is 0 Å². The highest BCUT2D eigenvalue weighted by Crippen LogP contribution is 2.46. The summed E-state index contributed by atoms with van der Waals surface area (Å²) in [5.41, 5.74) is 8.71. The third kappa shape index (κ3) is 4.68. The zero-order chi connectivity index (χ0) is 36.7. The summed E-state index contributed by atoms with van der Waals surface area (Å²) in [6.07, 6.45) is 0. The van der Waals surface area contributed by atoms with E-state index in [0.29, 0.717) is 17.5 Å². The fourth-order valence-corrected chi connectivity index (χ4v) is 9.80. The molecule has 4 aromatic heterocycles. The Hall–Kier alpha value is -7.21. The summed E-state index contributed by atoms with van der Waals surface area (Å²) in [5, 5.41) is 9.96. The van der Waals surface area contributed by atoms with E-state index >= 15 is 0 Å². The van der Waals surface area contributed by atoms with Gasteiger partial charge in [0.05, 0.1) is 16.6 Å². The van der Waals surface area contributed by atoms with E-state index in [1.54, 1.807) is 0 Å². The minimum atomic E-state index is 0.642. The van der Waals surface area contributed by atoms with E-state index in [0.717, 1.165) is 33.2 Å². The zero-order valence-electron chi connectivity index (χ0n) is 30.0. The molecule has 0 saturated carbocycles. The van der Waals surface area contributed by atoms with Crippen LogP contribution in [0.3, 0.4) is 0 Å². The molecule has 0 aliphatic rings. The maximum Gasteiger partial charge on any atom is 0.164 e. The molecular formula is C51H30N4S. The van der Waals surface area contributed by atoms with Crippen molar-refractivity contribution in [3.05, 3.63) is 182 Å². The summed E-state index contributed by atoms with van der Waals surface area (Å²) >= 11 is 1.87. The molecule has 0 amide bonds. The molecule has 56 heavy (non-hydrogen) atoms. The quantitative estimate of drug-likeness (QED) is 0.181. The maximum atomic E-state index is 5.17. The van der Waals surface area contributed by atoms with Crippen molar-refractivity contribution in [1.29, 1.82) is 0 Å². The lowest BCUT2D eigenvalue weighted by atomic mass is 10.0. The minimum Gasteiger partial charge on any atom is -0.308 e. The largest absolute Gasteiger partial charge is 0.308 e. The van der Waals surface area contributed by atoms with Crippen molar-refractivity contribution in [3.8, 4) is 45.3 Å². The molecule has 0 spiro atoms. The normalized spacial score (nSPS) is 11.9. The average molecular weight is 731 g/mol. The van der Waals surface area contributed by atoms with E-state index in [4.69, 9.17) is 15.0 Å². The summed E-state index contributed by atoms with van der Waals surface area (Å²) in [5.74, 6) is 1.93. The zero-order valence-corrected chi connectivity index (χ0v) is 30.8. The maximum absolute atomic E-state index is 5.17. The molecule has 0 aliphatic heterocycles. The molecular weight excluding hydrogens is 701 g/mol. The van der Waals surface area contributed by atoms with E-state index in [1.165, 1.54) is 63.7 Å². The topological polar surface area (TPSA) is 43.1 Å². The van der Waals surface area contributed by atoms with Gasteiger partial charge in [-0.05, 0) is 63.7 Å². The molecule has 5 heteroatoms. The van der Waals surface area contributed by atoms with E-state index in [-0.39, 0.29) is 0 Å². The van der Waals surface area contributed by atoms with Crippen molar-refractivity contribution in [2.24, 2.45) is 0 Å². The van der Waals surface area contributed by atoms with E-state index in [9.17, 15) is 0 Å². The van der Waals surface area contributed by atoms with Crippen molar-refractivity contribution in [2.45, 2.75) is 0 Å². The first kappa shape index (κ1) is 31.2. The van der Waals surface area contributed by atoms with Gasteiger partial charge in [-0.25, -0.2) is 15.0 Å². The molecule has 0 unspecified atom stereocenters. The van der Waals surface area contributed by atoms with Crippen LogP contribution in [0.25, 0.3) is 114 Å². The Morgan fingerprint density at radius 3 is 1.59 bits per heavy atom. The monoisotopic (exact) mass is 730 g/mol. The van der Waals surface area contributed by atoms with Crippen LogP contribution in [0.4, 0.5) is 0 Å². The molecule has 0 fully saturated rings. The van der Waals surface area contributed by atoms with E-state index < -0.39 is 0 Å². The Kier molecular flexibility index (Phi) is 6.76. The number of para-hydroxylation sites is 1. The molecule has 12 rings (SSSR count).